The first kappa shape index (κ1) is 15.0. The summed E-state index contributed by atoms with van der Waals surface area (Å²) >= 11 is 1.45. The molecule has 1 aromatic rings. The zero-order chi connectivity index (χ0) is 14.5. The van der Waals surface area contributed by atoms with E-state index in [-0.39, 0.29) is 11.8 Å². The number of hydrogen-bond acceptors (Lipinski definition) is 4. The number of hydrogen-bond donors (Lipinski definition) is 1. The number of nitrogens with two attached hydrogens (primary N) is 1. The summed E-state index contributed by atoms with van der Waals surface area (Å²) < 4.78 is 0. The first-order chi connectivity index (χ1) is 9.63. The lowest BCUT2D eigenvalue weighted by atomic mass is 10.1. The zero-order valence-corrected chi connectivity index (χ0v) is 12.6. The van der Waals surface area contributed by atoms with Gasteiger partial charge in [0.05, 0.1) is 10.9 Å². The minimum atomic E-state index is -0.403. The van der Waals surface area contributed by atoms with Crippen molar-refractivity contribution in [3.05, 3.63) is 22.4 Å². The van der Waals surface area contributed by atoms with Gasteiger partial charge in [-0.1, -0.05) is 19.4 Å². The Morgan fingerprint density at radius 3 is 2.50 bits per heavy atom. The molecule has 1 fully saturated rings. The number of rotatable bonds is 4. The van der Waals surface area contributed by atoms with Gasteiger partial charge in [0.25, 0.3) is 5.91 Å². The van der Waals surface area contributed by atoms with Crippen molar-refractivity contribution in [1.29, 1.82) is 0 Å². The SMILES string of the molecule is CCC[C@H](N)C(=O)N1CCN(C(=O)c2cccs2)CC1. The van der Waals surface area contributed by atoms with E-state index in [2.05, 4.69) is 0 Å². The maximum Gasteiger partial charge on any atom is 0.264 e. The van der Waals surface area contributed by atoms with Gasteiger partial charge in [0.2, 0.25) is 5.91 Å². The number of carbonyl (C=O) groups excluding carboxylic acids is 2. The second kappa shape index (κ2) is 6.85. The molecule has 2 N–H and O–H groups in total. The molecule has 1 aliphatic rings. The summed E-state index contributed by atoms with van der Waals surface area (Å²) in [6, 6.07) is 3.31. The van der Waals surface area contributed by atoms with Crippen LogP contribution in [0.1, 0.15) is 29.4 Å². The molecule has 20 heavy (non-hydrogen) atoms. The van der Waals surface area contributed by atoms with Gasteiger partial charge >= 0.3 is 0 Å². The van der Waals surface area contributed by atoms with Crippen LogP contribution in [0.4, 0.5) is 0 Å². The fourth-order valence-corrected chi connectivity index (χ4v) is 3.05. The molecule has 6 heteroatoms. The molecule has 1 aromatic heterocycles. The van der Waals surface area contributed by atoms with E-state index >= 15 is 0 Å². The number of piperazine rings is 1. The maximum atomic E-state index is 12.2. The molecule has 0 aliphatic carbocycles. The largest absolute Gasteiger partial charge is 0.338 e. The van der Waals surface area contributed by atoms with Crippen molar-refractivity contribution in [3.63, 3.8) is 0 Å². The smallest absolute Gasteiger partial charge is 0.264 e. The predicted molar refractivity (Wildman–Crippen MR) is 79.7 cm³/mol. The fourth-order valence-electron chi connectivity index (χ4n) is 2.36. The molecule has 0 bridgehead atoms. The van der Waals surface area contributed by atoms with Gasteiger partial charge < -0.3 is 15.5 Å². The van der Waals surface area contributed by atoms with Crippen molar-refractivity contribution in [2.24, 2.45) is 5.73 Å². The summed E-state index contributed by atoms with van der Waals surface area (Å²) in [5.74, 6) is 0.0695. The highest BCUT2D eigenvalue weighted by Gasteiger charge is 2.27. The molecule has 5 nitrogen and oxygen atoms in total. The maximum absolute atomic E-state index is 12.2. The number of thiophene rings is 1. The van der Waals surface area contributed by atoms with Crippen LogP contribution in [-0.2, 0) is 4.79 Å². The normalized spacial score (nSPS) is 17.1. The van der Waals surface area contributed by atoms with Crippen molar-refractivity contribution in [3.8, 4) is 0 Å². The predicted octanol–water partition coefficient (Wildman–Crippen LogP) is 1.16. The van der Waals surface area contributed by atoms with Gasteiger partial charge in [0, 0.05) is 26.2 Å². The van der Waals surface area contributed by atoms with E-state index in [1.54, 1.807) is 9.80 Å². The van der Waals surface area contributed by atoms with Crippen LogP contribution in [0.2, 0.25) is 0 Å². The molecule has 0 saturated carbocycles. The van der Waals surface area contributed by atoms with Crippen LogP contribution in [0.25, 0.3) is 0 Å². The molecule has 1 aliphatic heterocycles. The molecule has 0 aromatic carbocycles. The van der Waals surface area contributed by atoms with Gasteiger partial charge in [0.15, 0.2) is 0 Å². The Hall–Kier alpha value is -1.40. The van der Waals surface area contributed by atoms with Gasteiger partial charge in [-0.05, 0) is 17.9 Å². The van der Waals surface area contributed by atoms with Gasteiger partial charge in [-0.25, -0.2) is 0 Å². The molecule has 2 rings (SSSR count). The number of carbonyl (C=O) groups is 2. The molecule has 1 atom stereocenters. The van der Waals surface area contributed by atoms with E-state index in [0.717, 1.165) is 11.3 Å². The summed E-state index contributed by atoms with van der Waals surface area (Å²) in [6.07, 6.45) is 1.62. The van der Waals surface area contributed by atoms with Crippen molar-refractivity contribution < 1.29 is 9.59 Å². The van der Waals surface area contributed by atoms with Gasteiger partial charge in [0.1, 0.15) is 0 Å². The minimum absolute atomic E-state index is 0.00933. The van der Waals surface area contributed by atoms with Crippen LogP contribution in [0, 0.1) is 0 Å². The van der Waals surface area contributed by atoms with Crippen molar-refractivity contribution in [2.75, 3.05) is 26.2 Å². The minimum Gasteiger partial charge on any atom is -0.338 e. The van der Waals surface area contributed by atoms with Crippen LogP contribution < -0.4 is 5.73 Å². The Labute approximate surface area is 123 Å². The lowest BCUT2D eigenvalue weighted by Gasteiger charge is -2.35. The Kier molecular flexibility index (Phi) is 5.14. The van der Waals surface area contributed by atoms with Crippen LogP contribution in [0.3, 0.4) is 0 Å². The second-order valence-electron chi connectivity index (χ2n) is 4.99. The molecule has 2 heterocycles. The van der Waals surface area contributed by atoms with E-state index in [1.807, 2.05) is 24.4 Å². The standard InChI is InChI=1S/C14H21N3O2S/c1-2-4-11(15)13(18)16-6-8-17(9-7-16)14(19)12-5-3-10-20-12/h3,5,10-11H,2,4,6-9,15H2,1H3/t11-/m0/s1. The van der Waals surface area contributed by atoms with Crippen LogP contribution >= 0.6 is 11.3 Å². The summed E-state index contributed by atoms with van der Waals surface area (Å²) in [6.45, 7) is 4.34. The average Bonchev–Trinajstić information content (AvgIpc) is 3.00. The lowest BCUT2D eigenvalue weighted by molar-refractivity contribution is -0.134. The molecule has 0 radical (unpaired) electrons. The van der Waals surface area contributed by atoms with E-state index in [9.17, 15) is 9.59 Å². The first-order valence-corrected chi connectivity index (χ1v) is 7.88. The molecule has 1 saturated heterocycles. The molecule has 0 unspecified atom stereocenters. The van der Waals surface area contributed by atoms with Crippen LogP contribution in [0.5, 0.6) is 0 Å². The quantitative estimate of drug-likeness (QED) is 0.906. The van der Waals surface area contributed by atoms with Crippen molar-refractivity contribution in [1.82, 2.24) is 9.80 Å². The fraction of sp³-hybridized carbons (Fsp3) is 0.571. The molecule has 2 amide bonds. The topological polar surface area (TPSA) is 66.6 Å². The highest BCUT2D eigenvalue weighted by Crippen LogP contribution is 2.14. The highest BCUT2D eigenvalue weighted by molar-refractivity contribution is 7.12. The summed E-state index contributed by atoms with van der Waals surface area (Å²) in [5, 5.41) is 1.90. The zero-order valence-electron chi connectivity index (χ0n) is 11.7. The van der Waals surface area contributed by atoms with Gasteiger partial charge in [-0.2, -0.15) is 0 Å². The molecule has 0 spiro atoms. The number of amides is 2. The first-order valence-electron chi connectivity index (χ1n) is 7.00. The van der Waals surface area contributed by atoms with E-state index in [4.69, 9.17) is 5.73 Å². The Morgan fingerprint density at radius 1 is 1.30 bits per heavy atom. The third-order valence-electron chi connectivity index (χ3n) is 3.53. The number of nitrogens with zero attached hydrogens (tertiary/aromatic N) is 2. The Balaban J connectivity index is 1.86. The van der Waals surface area contributed by atoms with E-state index in [1.165, 1.54) is 11.3 Å². The third-order valence-corrected chi connectivity index (χ3v) is 4.39. The molecule has 110 valence electrons. The molecular weight excluding hydrogens is 274 g/mol. The Morgan fingerprint density at radius 2 is 1.95 bits per heavy atom. The molecular formula is C14H21N3O2S. The third kappa shape index (κ3) is 3.37. The van der Waals surface area contributed by atoms with E-state index < -0.39 is 6.04 Å². The van der Waals surface area contributed by atoms with E-state index in [0.29, 0.717) is 32.6 Å². The lowest BCUT2D eigenvalue weighted by Crippen LogP contribution is -2.54. The average molecular weight is 295 g/mol. The monoisotopic (exact) mass is 295 g/mol. The van der Waals surface area contributed by atoms with Crippen LogP contribution in [-0.4, -0.2) is 53.8 Å². The highest BCUT2D eigenvalue weighted by atomic mass is 32.1. The van der Waals surface area contributed by atoms with Crippen molar-refractivity contribution in [2.45, 2.75) is 25.8 Å². The van der Waals surface area contributed by atoms with Gasteiger partial charge in [-0.3, -0.25) is 9.59 Å². The second-order valence-corrected chi connectivity index (χ2v) is 5.94. The summed E-state index contributed by atoms with van der Waals surface area (Å²) in [4.78, 5) is 28.6. The summed E-state index contributed by atoms with van der Waals surface area (Å²) in [5.41, 5.74) is 5.86. The Bertz CT molecular complexity index is 453. The van der Waals surface area contributed by atoms with Gasteiger partial charge in [-0.15, -0.1) is 11.3 Å². The van der Waals surface area contributed by atoms with Crippen LogP contribution in [0.15, 0.2) is 17.5 Å². The van der Waals surface area contributed by atoms with Crippen molar-refractivity contribution >= 4 is 23.2 Å². The summed E-state index contributed by atoms with van der Waals surface area (Å²) in [7, 11) is 0.